The molecule has 0 fully saturated rings. The molecule has 1 aromatic carbocycles. The highest BCUT2D eigenvalue weighted by molar-refractivity contribution is 5.42. The molecule has 0 aliphatic carbocycles. The maximum atomic E-state index is 10.3. The Morgan fingerprint density at radius 1 is 1.54 bits per heavy atom. The number of aromatic hydroxyl groups is 1. The van der Waals surface area contributed by atoms with Gasteiger partial charge in [0.1, 0.15) is 12.3 Å². The summed E-state index contributed by atoms with van der Waals surface area (Å²) < 4.78 is 0. The molecule has 0 atom stereocenters. The Morgan fingerprint density at radius 2 is 2.23 bits per heavy atom. The molecule has 1 N–H and O–H groups in total. The predicted molar refractivity (Wildman–Crippen MR) is 44.3 cm³/mol. The summed E-state index contributed by atoms with van der Waals surface area (Å²) in [7, 11) is 0. The van der Waals surface area contributed by atoms with E-state index in [1.54, 1.807) is 0 Å². The van der Waals surface area contributed by atoms with Gasteiger partial charge in [0.05, 0.1) is 4.92 Å². The molecule has 0 radical (unpaired) electrons. The largest absolute Gasteiger partial charge is 0.508 e. The molecule has 6 heteroatoms. The van der Waals surface area contributed by atoms with Gasteiger partial charge in [-0.15, -0.1) is 0 Å². The van der Waals surface area contributed by atoms with E-state index in [9.17, 15) is 15.0 Å². The van der Waals surface area contributed by atoms with Crippen LogP contribution in [0.4, 0.5) is 5.69 Å². The van der Waals surface area contributed by atoms with Gasteiger partial charge in [-0.1, -0.05) is 5.18 Å². The van der Waals surface area contributed by atoms with Crippen LogP contribution in [-0.2, 0) is 6.54 Å². The zero-order valence-electron chi connectivity index (χ0n) is 6.51. The van der Waals surface area contributed by atoms with Gasteiger partial charge in [0.25, 0.3) is 5.69 Å². The van der Waals surface area contributed by atoms with Crippen LogP contribution in [0.25, 0.3) is 0 Å². The molecule has 13 heavy (non-hydrogen) atoms. The third-order valence-electron chi connectivity index (χ3n) is 1.51. The minimum atomic E-state index is -0.603. The van der Waals surface area contributed by atoms with E-state index in [0.29, 0.717) is 0 Å². The lowest BCUT2D eigenvalue weighted by atomic mass is 10.2. The summed E-state index contributed by atoms with van der Waals surface area (Å²) in [6, 6.07) is 3.44. The number of nitro benzene ring substituents is 1. The fourth-order valence-electron chi connectivity index (χ4n) is 0.882. The van der Waals surface area contributed by atoms with E-state index in [-0.39, 0.29) is 23.5 Å². The molecule has 1 aromatic rings. The van der Waals surface area contributed by atoms with Crippen LogP contribution >= 0.6 is 0 Å². The van der Waals surface area contributed by atoms with E-state index in [1.807, 2.05) is 0 Å². The summed E-state index contributed by atoms with van der Waals surface area (Å²) >= 11 is 0. The minimum Gasteiger partial charge on any atom is -0.508 e. The maximum Gasteiger partial charge on any atom is 0.270 e. The zero-order valence-corrected chi connectivity index (χ0v) is 6.51. The van der Waals surface area contributed by atoms with Gasteiger partial charge in [0.2, 0.25) is 0 Å². The number of nitrogens with zero attached hydrogens (tertiary/aromatic N) is 2. The molecule has 0 aliphatic heterocycles. The lowest BCUT2D eigenvalue weighted by molar-refractivity contribution is -0.384. The number of nitro groups is 1. The molecule has 6 nitrogen and oxygen atoms in total. The smallest absolute Gasteiger partial charge is 0.270 e. The fourth-order valence-corrected chi connectivity index (χ4v) is 0.882. The highest BCUT2D eigenvalue weighted by Gasteiger charge is 2.09. The highest BCUT2D eigenvalue weighted by atomic mass is 16.6. The number of phenolic OH excluding ortho intramolecular Hbond substituents is 1. The Kier molecular flexibility index (Phi) is 2.53. The number of phenols is 1. The first kappa shape index (κ1) is 9.11. The van der Waals surface area contributed by atoms with Crippen molar-refractivity contribution in [1.82, 2.24) is 0 Å². The van der Waals surface area contributed by atoms with Gasteiger partial charge in [-0.2, -0.15) is 4.91 Å². The second-order valence-electron chi connectivity index (χ2n) is 2.36. The van der Waals surface area contributed by atoms with Crippen molar-refractivity contribution in [3.63, 3.8) is 0 Å². The number of hydrogen-bond acceptors (Lipinski definition) is 5. The Bertz CT molecular complexity index is 350. The summed E-state index contributed by atoms with van der Waals surface area (Å²) in [6.45, 7) is -0.270. The molecule has 0 amide bonds. The maximum absolute atomic E-state index is 10.3. The monoisotopic (exact) mass is 182 g/mol. The minimum absolute atomic E-state index is 0.157. The quantitative estimate of drug-likeness (QED) is 0.436. The summed E-state index contributed by atoms with van der Waals surface area (Å²) in [5.74, 6) is -0.162. The topological polar surface area (TPSA) is 92.8 Å². The number of benzene rings is 1. The van der Waals surface area contributed by atoms with Gasteiger partial charge >= 0.3 is 0 Å². The number of hydrogen-bond donors (Lipinski definition) is 1. The van der Waals surface area contributed by atoms with Crippen LogP contribution in [0.2, 0.25) is 0 Å². The van der Waals surface area contributed by atoms with E-state index in [0.717, 1.165) is 12.1 Å². The van der Waals surface area contributed by atoms with Crippen molar-refractivity contribution < 1.29 is 10.0 Å². The molecule has 0 aromatic heterocycles. The third-order valence-corrected chi connectivity index (χ3v) is 1.51. The van der Waals surface area contributed by atoms with Gasteiger partial charge in [0.15, 0.2) is 0 Å². The number of rotatable bonds is 3. The molecule has 0 bridgehead atoms. The van der Waals surface area contributed by atoms with Crippen LogP contribution in [-0.4, -0.2) is 10.0 Å². The van der Waals surface area contributed by atoms with Crippen LogP contribution in [0.3, 0.4) is 0 Å². The van der Waals surface area contributed by atoms with E-state index >= 15 is 0 Å². The molecule has 0 unspecified atom stereocenters. The van der Waals surface area contributed by atoms with E-state index in [2.05, 4.69) is 5.18 Å². The second kappa shape index (κ2) is 3.61. The molecule has 68 valence electrons. The average Bonchev–Trinajstić information content (AvgIpc) is 2.08. The van der Waals surface area contributed by atoms with Crippen molar-refractivity contribution in [2.75, 3.05) is 0 Å². The zero-order chi connectivity index (χ0) is 9.84. The summed E-state index contributed by atoms with van der Waals surface area (Å²) in [4.78, 5) is 19.6. The fraction of sp³-hybridized carbons (Fsp3) is 0.143. The van der Waals surface area contributed by atoms with Gasteiger partial charge in [0, 0.05) is 17.7 Å². The van der Waals surface area contributed by atoms with Gasteiger partial charge < -0.3 is 5.11 Å². The van der Waals surface area contributed by atoms with Crippen molar-refractivity contribution in [2.45, 2.75) is 6.54 Å². The molecule has 0 saturated heterocycles. The Hall–Kier alpha value is -1.98. The van der Waals surface area contributed by atoms with Crippen LogP contribution in [0, 0.1) is 15.0 Å². The van der Waals surface area contributed by atoms with Crippen molar-refractivity contribution in [3.8, 4) is 5.75 Å². The van der Waals surface area contributed by atoms with Crippen LogP contribution in [0.15, 0.2) is 23.4 Å². The number of non-ortho nitro benzene ring substituents is 1. The van der Waals surface area contributed by atoms with Gasteiger partial charge in [-0.25, -0.2) is 0 Å². The third kappa shape index (κ3) is 1.98. The van der Waals surface area contributed by atoms with Crippen LogP contribution < -0.4 is 0 Å². The number of nitroso groups, excluding NO2 is 1. The summed E-state index contributed by atoms with van der Waals surface area (Å²) in [5.41, 5.74) is -0.0133. The molecular formula is C7H6N2O4. The highest BCUT2D eigenvalue weighted by Crippen LogP contribution is 2.23. The van der Waals surface area contributed by atoms with Crippen LogP contribution in [0.5, 0.6) is 5.75 Å². The molecule has 1 rings (SSSR count). The van der Waals surface area contributed by atoms with Crippen molar-refractivity contribution in [3.05, 3.63) is 38.8 Å². The molecule has 0 saturated carbocycles. The molecule has 0 heterocycles. The Labute approximate surface area is 72.9 Å². The standard InChI is InChI=1S/C7H6N2O4/c10-7-2-1-6(9(12)13)3-5(7)4-8-11/h1-3,10H,4H2. The average molecular weight is 182 g/mol. The first-order valence-corrected chi connectivity index (χ1v) is 3.40. The molecule has 0 aliphatic rings. The second-order valence-corrected chi connectivity index (χ2v) is 2.36. The first-order valence-electron chi connectivity index (χ1n) is 3.40. The van der Waals surface area contributed by atoms with Crippen molar-refractivity contribution in [1.29, 1.82) is 0 Å². The Balaban J connectivity index is 3.10. The lowest BCUT2D eigenvalue weighted by Crippen LogP contribution is -1.90. The van der Waals surface area contributed by atoms with E-state index in [4.69, 9.17) is 5.11 Å². The van der Waals surface area contributed by atoms with E-state index < -0.39 is 4.92 Å². The predicted octanol–water partition coefficient (Wildman–Crippen LogP) is 1.57. The lowest BCUT2D eigenvalue weighted by Gasteiger charge is -1.98. The normalized spacial score (nSPS) is 9.54. The first-order chi connectivity index (χ1) is 6.15. The molecular weight excluding hydrogens is 176 g/mol. The molecule has 0 spiro atoms. The van der Waals surface area contributed by atoms with Crippen molar-refractivity contribution in [2.24, 2.45) is 5.18 Å². The van der Waals surface area contributed by atoms with Crippen LogP contribution in [0.1, 0.15) is 5.56 Å². The summed E-state index contributed by atoms with van der Waals surface area (Å²) in [5, 5.41) is 21.9. The van der Waals surface area contributed by atoms with Gasteiger partial charge in [-0.3, -0.25) is 10.1 Å². The van der Waals surface area contributed by atoms with E-state index in [1.165, 1.54) is 6.07 Å². The van der Waals surface area contributed by atoms with Crippen molar-refractivity contribution >= 4 is 5.69 Å². The SMILES string of the molecule is O=NCc1cc([N+](=O)[O-])ccc1O. The summed E-state index contributed by atoms with van der Waals surface area (Å²) in [6.07, 6.45) is 0. The Morgan fingerprint density at radius 3 is 2.77 bits per heavy atom. The van der Waals surface area contributed by atoms with Gasteiger partial charge in [-0.05, 0) is 6.07 Å².